The van der Waals surface area contributed by atoms with E-state index in [1.807, 2.05) is 17.5 Å². The first-order valence-electron chi connectivity index (χ1n) is 6.24. The third-order valence-electron chi connectivity index (χ3n) is 2.98. The Morgan fingerprint density at radius 1 is 1.29 bits per heavy atom. The van der Waals surface area contributed by atoms with Crippen LogP contribution >= 0.6 is 11.3 Å². The molecule has 3 aromatic rings. The first kappa shape index (κ1) is 13.5. The van der Waals surface area contributed by atoms with Gasteiger partial charge in [0.25, 0.3) is 5.56 Å². The SMILES string of the molecule is O=c1[nH]c(Cc2cccs2)nc(O)c1-c1cccc(F)c1. The summed E-state index contributed by atoms with van der Waals surface area (Å²) in [6.07, 6.45) is 0.434. The highest BCUT2D eigenvalue weighted by Gasteiger charge is 2.14. The summed E-state index contributed by atoms with van der Waals surface area (Å²) < 4.78 is 13.2. The first-order valence-corrected chi connectivity index (χ1v) is 7.12. The van der Waals surface area contributed by atoms with Gasteiger partial charge in [0.2, 0.25) is 5.88 Å². The van der Waals surface area contributed by atoms with Gasteiger partial charge in [-0.15, -0.1) is 11.3 Å². The van der Waals surface area contributed by atoms with E-state index in [-0.39, 0.29) is 5.56 Å². The largest absolute Gasteiger partial charge is 0.493 e. The van der Waals surface area contributed by atoms with Crippen molar-refractivity contribution in [3.05, 3.63) is 68.7 Å². The monoisotopic (exact) mass is 302 g/mol. The average Bonchev–Trinajstić information content (AvgIpc) is 2.91. The molecule has 6 heteroatoms. The first-order chi connectivity index (χ1) is 10.1. The van der Waals surface area contributed by atoms with Gasteiger partial charge in [0.15, 0.2) is 0 Å². The Bertz CT molecular complexity index is 828. The molecule has 21 heavy (non-hydrogen) atoms. The number of thiophene rings is 1. The van der Waals surface area contributed by atoms with Crippen molar-refractivity contribution in [1.29, 1.82) is 0 Å². The Morgan fingerprint density at radius 2 is 2.14 bits per heavy atom. The van der Waals surface area contributed by atoms with Crippen molar-refractivity contribution in [1.82, 2.24) is 9.97 Å². The smallest absolute Gasteiger partial charge is 0.262 e. The topological polar surface area (TPSA) is 66.0 Å². The number of rotatable bonds is 3. The lowest BCUT2D eigenvalue weighted by Gasteiger charge is -2.05. The van der Waals surface area contributed by atoms with Gasteiger partial charge in [0.1, 0.15) is 17.2 Å². The number of hydrogen-bond donors (Lipinski definition) is 2. The molecule has 0 atom stereocenters. The van der Waals surface area contributed by atoms with E-state index < -0.39 is 17.3 Å². The third-order valence-corrected chi connectivity index (χ3v) is 3.86. The van der Waals surface area contributed by atoms with E-state index in [0.29, 0.717) is 17.8 Å². The second-order valence-corrected chi connectivity index (χ2v) is 5.51. The number of aromatic nitrogens is 2. The second-order valence-electron chi connectivity index (χ2n) is 4.48. The predicted octanol–water partition coefficient (Wildman–Crippen LogP) is 2.93. The molecule has 0 radical (unpaired) electrons. The van der Waals surface area contributed by atoms with Crippen LogP contribution in [0, 0.1) is 5.82 Å². The molecule has 0 bridgehead atoms. The molecular formula is C15H11FN2O2S. The minimum absolute atomic E-state index is 0.0237. The summed E-state index contributed by atoms with van der Waals surface area (Å²) in [7, 11) is 0. The van der Waals surface area contributed by atoms with Crippen LogP contribution in [0.15, 0.2) is 46.6 Å². The number of aromatic hydroxyl groups is 1. The molecule has 0 saturated heterocycles. The van der Waals surface area contributed by atoms with Crippen molar-refractivity contribution < 1.29 is 9.50 Å². The Balaban J connectivity index is 2.02. The van der Waals surface area contributed by atoms with E-state index in [1.54, 1.807) is 6.07 Å². The summed E-state index contributed by atoms with van der Waals surface area (Å²) in [6, 6.07) is 9.30. The van der Waals surface area contributed by atoms with E-state index in [0.717, 1.165) is 4.88 Å². The minimum atomic E-state index is -0.486. The average molecular weight is 302 g/mol. The summed E-state index contributed by atoms with van der Waals surface area (Å²) in [5.41, 5.74) is -0.215. The van der Waals surface area contributed by atoms with Gasteiger partial charge in [-0.1, -0.05) is 18.2 Å². The molecule has 0 saturated carbocycles. The molecule has 0 aliphatic rings. The summed E-state index contributed by atoms with van der Waals surface area (Å²) in [6.45, 7) is 0. The van der Waals surface area contributed by atoms with Gasteiger partial charge in [-0.2, -0.15) is 4.98 Å². The predicted molar refractivity (Wildman–Crippen MR) is 79.0 cm³/mol. The van der Waals surface area contributed by atoms with Gasteiger partial charge in [-0.3, -0.25) is 4.79 Å². The number of halogens is 1. The van der Waals surface area contributed by atoms with Crippen LogP contribution in [0.4, 0.5) is 4.39 Å². The molecule has 106 valence electrons. The van der Waals surface area contributed by atoms with E-state index in [1.165, 1.54) is 29.5 Å². The molecule has 0 fully saturated rings. The van der Waals surface area contributed by atoms with Gasteiger partial charge in [0, 0.05) is 11.3 Å². The van der Waals surface area contributed by atoms with Crippen LogP contribution in [0.2, 0.25) is 0 Å². The number of nitrogens with zero attached hydrogens (tertiary/aromatic N) is 1. The number of hydrogen-bond acceptors (Lipinski definition) is 4. The van der Waals surface area contributed by atoms with Crippen molar-refractivity contribution in [2.24, 2.45) is 0 Å². The summed E-state index contributed by atoms with van der Waals surface area (Å²) in [5, 5.41) is 11.9. The van der Waals surface area contributed by atoms with Crippen LogP contribution in [0.1, 0.15) is 10.7 Å². The summed E-state index contributed by atoms with van der Waals surface area (Å²) in [5.74, 6) is -0.495. The van der Waals surface area contributed by atoms with E-state index in [2.05, 4.69) is 9.97 Å². The zero-order valence-corrected chi connectivity index (χ0v) is 11.7. The van der Waals surface area contributed by atoms with E-state index in [4.69, 9.17) is 0 Å². The Kier molecular flexibility index (Phi) is 3.53. The standard InChI is InChI=1S/C15H11FN2O2S/c16-10-4-1-3-9(7-10)13-14(19)17-12(18-15(13)20)8-11-5-2-6-21-11/h1-7H,8H2,(H2,17,18,19,20). The quantitative estimate of drug-likeness (QED) is 0.782. The van der Waals surface area contributed by atoms with Crippen molar-refractivity contribution >= 4 is 11.3 Å². The molecule has 2 heterocycles. The highest BCUT2D eigenvalue weighted by atomic mass is 32.1. The molecule has 0 aliphatic heterocycles. The summed E-state index contributed by atoms with van der Waals surface area (Å²) >= 11 is 1.54. The zero-order chi connectivity index (χ0) is 14.8. The minimum Gasteiger partial charge on any atom is -0.493 e. The van der Waals surface area contributed by atoms with Crippen molar-refractivity contribution in [2.75, 3.05) is 0 Å². The van der Waals surface area contributed by atoms with Crippen LogP contribution in [-0.4, -0.2) is 15.1 Å². The van der Waals surface area contributed by atoms with Crippen LogP contribution in [0.5, 0.6) is 5.88 Å². The van der Waals surface area contributed by atoms with Gasteiger partial charge in [0.05, 0.1) is 0 Å². The van der Waals surface area contributed by atoms with Crippen LogP contribution in [0.25, 0.3) is 11.1 Å². The highest BCUT2D eigenvalue weighted by molar-refractivity contribution is 7.09. The van der Waals surface area contributed by atoms with E-state index >= 15 is 0 Å². The fraction of sp³-hybridized carbons (Fsp3) is 0.0667. The van der Waals surface area contributed by atoms with E-state index in [9.17, 15) is 14.3 Å². The lowest BCUT2D eigenvalue weighted by atomic mass is 10.1. The maximum absolute atomic E-state index is 13.2. The number of nitrogens with one attached hydrogen (secondary N) is 1. The number of benzene rings is 1. The molecule has 4 nitrogen and oxygen atoms in total. The lowest BCUT2D eigenvalue weighted by Crippen LogP contribution is -2.14. The fourth-order valence-corrected chi connectivity index (χ4v) is 2.78. The molecule has 2 aromatic heterocycles. The second kappa shape index (κ2) is 5.49. The normalized spacial score (nSPS) is 10.7. The number of H-pyrrole nitrogens is 1. The molecule has 2 N–H and O–H groups in total. The zero-order valence-electron chi connectivity index (χ0n) is 10.8. The maximum Gasteiger partial charge on any atom is 0.262 e. The Hall–Kier alpha value is -2.47. The fourth-order valence-electron chi connectivity index (χ4n) is 2.07. The van der Waals surface area contributed by atoms with Crippen molar-refractivity contribution in [3.63, 3.8) is 0 Å². The van der Waals surface area contributed by atoms with Crippen LogP contribution in [0.3, 0.4) is 0 Å². The number of aromatic amines is 1. The van der Waals surface area contributed by atoms with Crippen LogP contribution < -0.4 is 5.56 Å². The molecule has 0 aliphatic carbocycles. The molecule has 0 amide bonds. The van der Waals surface area contributed by atoms with Gasteiger partial charge < -0.3 is 10.1 Å². The maximum atomic E-state index is 13.2. The molecule has 0 spiro atoms. The lowest BCUT2D eigenvalue weighted by molar-refractivity contribution is 0.450. The summed E-state index contributed by atoms with van der Waals surface area (Å²) in [4.78, 5) is 19.8. The van der Waals surface area contributed by atoms with Gasteiger partial charge >= 0.3 is 0 Å². The molecular weight excluding hydrogens is 291 g/mol. The Morgan fingerprint density at radius 3 is 2.81 bits per heavy atom. The van der Waals surface area contributed by atoms with Gasteiger partial charge in [-0.05, 0) is 29.1 Å². The van der Waals surface area contributed by atoms with Gasteiger partial charge in [-0.25, -0.2) is 4.39 Å². The highest BCUT2D eigenvalue weighted by Crippen LogP contribution is 2.24. The Labute approximate surface area is 123 Å². The van der Waals surface area contributed by atoms with Crippen molar-refractivity contribution in [3.8, 4) is 17.0 Å². The van der Waals surface area contributed by atoms with Crippen LogP contribution in [-0.2, 0) is 6.42 Å². The molecule has 0 unspecified atom stereocenters. The molecule has 3 rings (SSSR count). The third kappa shape index (κ3) is 2.85. The van der Waals surface area contributed by atoms with Crippen molar-refractivity contribution in [2.45, 2.75) is 6.42 Å². The molecule has 1 aromatic carbocycles.